The van der Waals surface area contributed by atoms with Crippen molar-refractivity contribution < 1.29 is 9.47 Å². The van der Waals surface area contributed by atoms with Gasteiger partial charge in [-0.1, -0.05) is 35.3 Å². The van der Waals surface area contributed by atoms with Crippen LogP contribution in [0.4, 0.5) is 0 Å². The summed E-state index contributed by atoms with van der Waals surface area (Å²) in [7, 11) is 0. The van der Waals surface area contributed by atoms with Crippen LogP contribution in [0.1, 0.15) is 5.56 Å². The summed E-state index contributed by atoms with van der Waals surface area (Å²) in [6.07, 6.45) is 1.54. The highest BCUT2D eigenvalue weighted by atomic mass is 35.5. The van der Waals surface area contributed by atoms with Crippen molar-refractivity contribution in [2.24, 2.45) is 0 Å². The fourth-order valence-electron chi connectivity index (χ4n) is 2.60. The molecule has 0 saturated carbocycles. The number of rotatable bonds is 7. The second-order valence-corrected chi connectivity index (χ2v) is 6.60. The monoisotopic (exact) mass is 392 g/mol. The van der Waals surface area contributed by atoms with Crippen molar-refractivity contribution in [1.82, 2.24) is 9.55 Å². The third-order valence-corrected chi connectivity index (χ3v) is 4.38. The van der Waals surface area contributed by atoms with Crippen LogP contribution in [-0.4, -0.2) is 29.4 Å². The Balaban J connectivity index is 1.48. The molecule has 3 rings (SSSR count). The molecule has 0 spiro atoms. The predicted molar refractivity (Wildman–Crippen MR) is 104 cm³/mol. The molecule has 0 unspecified atom stereocenters. The first-order chi connectivity index (χ1) is 12.6. The molecule has 0 radical (unpaired) electrons. The molecular weight excluding hydrogens is 375 g/mol. The molecular formula is C19H18Cl2N2O3. The highest BCUT2D eigenvalue weighted by Crippen LogP contribution is 2.31. The van der Waals surface area contributed by atoms with E-state index in [-0.39, 0.29) is 5.56 Å². The number of benzene rings is 2. The molecule has 5 nitrogen and oxygen atoms in total. The Morgan fingerprint density at radius 2 is 1.92 bits per heavy atom. The minimum Gasteiger partial charge on any atom is -0.489 e. The summed E-state index contributed by atoms with van der Waals surface area (Å²) in [5.41, 5.74) is 1.49. The van der Waals surface area contributed by atoms with E-state index in [1.54, 1.807) is 29.1 Å². The van der Waals surface area contributed by atoms with Crippen LogP contribution in [0.15, 0.2) is 47.5 Å². The van der Waals surface area contributed by atoms with Gasteiger partial charge in [0.25, 0.3) is 5.56 Å². The molecule has 3 aromatic rings. The largest absolute Gasteiger partial charge is 0.489 e. The van der Waals surface area contributed by atoms with Crippen molar-refractivity contribution in [3.63, 3.8) is 0 Å². The quantitative estimate of drug-likeness (QED) is 0.567. The maximum absolute atomic E-state index is 12.4. The number of aromatic nitrogens is 2. The Morgan fingerprint density at radius 3 is 2.73 bits per heavy atom. The van der Waals surface area contributed by atoms with Crippen molar-refractivity contribution in [3.8, 4) is 5.75 Å². The number of hydrogen-bond acceptors (Lipinski definition) is 4. The molecule has 0 aliphatic carbocycles. The number of nitrogens with zero attached hydrogens (tertiary/aromatic N) is 2. The fraction of sp³-hybridized carbons (Fsp3) is 0.263. The van der Waals surface area contributed by atoms with Crippen molar-refractivity contribution in [1.29, 1.82) is 0 Å². The minimum absolute atomic E-state index is 0.0704. The lowest BCUT2D eigenvalue weighted by molar-refractivity contribution is 0.0936. The van der Waals surface area contributed by atoms with Crippen LogP contribution in [0.5, 0.6) is 5.75 Å². The van der Waals surface area contributed by atoms with E-state index in [1.165, 1.54) is 0 Å². The summed E-state index contributed by atoms with van der Waals surface area (Å²) in [6.45, 7) is 3.43. The summed E-state index contributed by atoms with van der Waals surface area (Å²) in [5.74, 6) is 0.606. The van der Waals surface area contributed by atoms with Gasteiger partial charge in [-0.3, -0.25) is 9.36 Å². The van der Waals surface area contributed by atoms with Gasteiger partial charge >= 0.3 is 0 Å². The Hall–Kier alpha value is -2.08. The van der Waals surface area contributed by atoms with Gasteiger partial charge < -0.3 is 9.47 Å². The van der Waals surface area contributed by atoms with E-state index in [0.29, 0.717) is 53.1 Å². The minimum atomic E-state index is -0.0704. The maximum atomic E-state index is 12.4. The first-order valence-electron chi connectivity index (χ1n) is 8.16. The second-order valence-electron chi connectivity index (χ2n) is 5.75. The zero-order valence-electron chi connectivity index (χ0n) is 14.2. The number of ether oxygens (including phenoxy) is 2. The van der Waals surface area contributed by atoms with Crippen molar-refractivity contribution in [2.75, 3.05) is 19.8 Å². The van der Waals surface area contributed by atoms with Gasteiger partial charge in [0.2, 0.25) is 0 Å². The summed E-state index contributed by atoms with van der Waals surface area (Å²) in [5, 5.41) is 1.65. The number of aryl methyl sites for hydroxylation is 1. The van der Waals surface area contributed by atoms with Gasteiger partial charge in [0.1, 0.15) is 12.4 Å². The Bertz CT molecular complexity index is 949. The van der Waals surface area contributed by atoms with E-state index in [2.05, 4.69) is 4.98 Å². The molecule has 0 atom stereocenters. The van der Waals surface area contributed by atoms with Gasteiger partial charge in [-0.2, -0.15) is 0 Å². The molecule has 0 saturated heterocycles. The number of fused-ring (bicyclic) bond motifs is 1. The standard InChI is InChI=1S/C19H18Cl2N2O3/c1-13-10-14(20)11-16(21)18(13)26-9-8-25-7-6-23-12-22-17-5-3-2-4-15(17)19(23)24/h2-5,10-12H,6-9H2,1H3. The highest BCUT2D eigenvalue weighted by Gasteiger charge is 2.07. The lowest BCUT2D eigenvalue weighted by Crippen LogP contribution is -2.23. The predicted octanol–water partition coefficient (Wildman–Crippen LogP) is 4.11. The molecule has 7 heteroatoms. The highest BCUT2D eigenvalue weighted by molar-refractivity contribution is 6.35. The van der Waals surface area contributed by atoms with E-state index in [9.17, 15) is 4.79 Å². The molecule has 0 amide bonds. The van der Waals surface area contributed by atoms with E-state index in [1.807, 2.05) is 25.1 Å². The maximum Gasteiger partial charge on any atom is 0.261 e. The third-order valence-electron chi connectivity index (χ3n) is 3.88. The topological polar surface area (TPSA) is 53.4 Å². The molecule has 0 aliphatic heterocycles. The molecule has 0 aliphatic rings. The van der Waals surface area contributed by atoms with Crippen LogP contribution in [-0.2, 0) is 11.3 Å². The van der Waals surface area contributed by atoms with Crippen LogP contribution >= 0.6 is 23.2 Å². The van der Waals surface area contributed by atoms with Gasteiger partial charge in [-0.15, -0.1) is 0 Å². The van der Waals surface area contributed by atoms with Crippen molar-refractivity contribution in [3.05, 3.63) is 68.7 Å². The first-order valence-corrected chi connectivity index (χ1v) is 8.92. The summed E-state index contributed by atoms with van der Waals surface area (Å²) < 4.78 is 12.8. The van der Waals surface area contributed by atoms with Crippen molar-refractivity contribution >= 4 is 34.1 Å². The zero-order chi connectivity index (χ0) is 18.5. The van der Waals surface area contributed by atoms with E-state index < -0.39 is 0 Å². The summed E-state index contributed by atoms with van der Waals surface area (Å²) in [6, 6.07) is 10.7. The molecule has 2 aromatic carbocycles. The van der Waals surface area contributed by atoms with Crippen LogP contribution in [0.2, 0.25) is 10.0 Å². The van der Waals surface area contributed by atoms with Gasteiger partial charge in [-0.25, -0.2) is 4.98 Å². The zero-order valence-corrected chi connectivity index (χ0v) is 15.8. The average molecular weight is 393 g/mol. The Morgan fingerprint density at radius 1 is 1.12 bits per heavy atom. The molecule has 0 bridgehead atoms. The third kappa shape index (κ3) is 4.36. The molecule has 136 valence electrons. The van der Waals surface area contributed by atoms with Crippen LogP contribution < -0.4 is 10.3 Å². The van der Waals surface area contributed by atoms with E-state index in [4.69, 9.17) is 32.7 Å². The fourth-order valence-corrected chi connectivity index (χ4v) is 3.25. The molecule has 26 heavy (non-hydrogen) atoms. The number of para-hydroxylation sites is 1. The van der Waals surface area contributed by atoms with Crippen molar-refractivity contribution in [2.45, 2.75) is 13.5 Å². The Labute approximate surface area is 161 Å². The summed E-state index contributed by atoms with van der Waals surface area (Å²) >= 11 is 12.1. The van der Waals surface area contributed by atoms with Crippen LogP contribution in [0.3, 0.4) is 0 Å². The van der Waals surface area contributed by atoms with Crippen LogP contribution in [0.25, 0.3) is 10.9 Å². The Kier molecular flexibility index (Phi) is 6.14. The average Bonchev–Trinajstić information content (AvgIpc) is 2.61. The number of halogens is 2. The van der Waals surface area contributed by atoms with Gasteiger partial charge in [0, 0.05) is 5.02 Å². The SMILES string of the molecule is Cc1cc(Cl)cc(Cl)c1OCCOCCn1cnc2ccccc2c1=O. The van der Waals surface area contributed by atoms with Gasteiger partial charge in [0.05, 0.1) is 42.0 Å². The smallest absolute Gasteiger partial charge is 0.261 e. The van der Waals surface area contributed by atoms with E-state index >= 15 is 0 Å². The van der Waals surface area contributed by atoms with Gasteiger partial charge in [0.15, 0.2) is 0 Å². The van der Waals surface area contributed by atoms with Crippen LogP contribution in [0, 0.1) is 6.92 Å². The number of hydrogen-bond donors (Lipinski definition) is 0. The molecule has 1 aromatic heterocycles. The van der Waals surface area contributed by atoms with Gasteiger partial charge in [-0.05, 0) is 36.8 Å². The normalized spacial score (nSPS) is 11.0. The molecule has 0 N–H and O–H groups in total. The van der Waals surface area contributed by atoms with E-state index in [0.717, 1.165) is 5.56 Å². The lowest BCUT2D eigenvalue weighted by Gasteiger charge is -2.12. The summed E-state index contributed by atoms with van der Waals surface area (Å²) in [4.78, 5) is 16.6. The molecule has 0 fully saturated rings. The second kappa shape index (κ2) is 8.54. The molecule has 1 heterocycles. The lowest BCUT2D eigenvalue weighted by atomic mass is 10.2. The first kappa shape index (κ1) is 18.7.